The lowest BCUT2D eigenvalue weighted by Gasteiger charge is -2.29. The number of nitrogens with zero attached hydrogens (tertiary/aromatic N) is 1. The monoisotopic (exact) mass is 155 g/mol. The van der Waals surface area contributed by atoms with Crippen LogP contribution in [0.3, 0.4) is 0 Å². The number of rotatable bonds is 4. The summed E-state index contributed by atoms with van der Waals surface area (Å²) in [5.74, 6) is -0.211. The van der Waals surface area contributed by atoms with Gasteiger partial charge >= 0.3 is 0 Å². The van der Waals surface area contributed by atoms with Gasteiger partial charge in [0.1, 0.15) is 0 Å². The fraction of sp³-hybridized carbons (Fsp3) is 0.889. The Hall–Kier alpha value is -0.550. The van der Waals surface area contributed by atoms with Gasteiger partial charge in [0.15, 0.2) is 0 Å². The Morgan fingerprint density at radius 1 is 1.36 bits per heavy atom. The van der Waals surface area contributed by atoms with Gasteiger partial charge in [-0.2, -0.15) is 5.26 Å². The van der Waals surface area contributed by atoms with E-state index < -0.39 is 5.60 Å². The molecule has 0 saturated heterocycles. The van der Waals surface area contributed by atoms with E-state index in [4.69, 9.17) is 5.26 Å². The molecule has 0 heterocycles. The van der Waals surface area contributed by atoms with Crippen LogP contribution in [0.2, 0.25) is 0 Å². The van der Waals surface area contributed by atoms with E-state index in [-0.39, 0.29) is 5.92 Å². The third-order valence-corrected chi connectivity index (χ3v) is 2.44. The van der Waals surface area contributed by atoms with Crippen LogP contribution in [-0.4, -0.2) is 10.7 Å². The second-order valence-electron chi connectivity index (χ2n) is 2.90. The van der Waals surface area contributed by atoms with Gasteiger partial charge in [-0.15, -0.1) is 0 Å². The average molecular weight is 155 g/mol. The van der Waals surface area contributed by atoms with E-state index in [0.717, 1.165) is 6.42 Å². The second-order valence-corrected chi connectivity index (χ2v) is 2.90. The highest BCUT2D eigenvalue weighted by molar-refractivity contribution is 4.96. The zero-order chi connectivity index (χ0) is 8.91. The molecule has 64 valence electrons. The summed E-state index contributed by atoms with van der Waals surface area (Å²) in [5.41, 5.74) is -0.760. The Labute approximate surface area is 68.8 Å². The molecule has 0 aliphatic heterocycles. The summed E-state index contributed by atoms with van der Waals surface area (Å²) in [6.45, 7) is 5.77. The zero-order valence-electron chi connectivity index (χ0n) is 7.59. The van der Waals surface area contributed by atoms with Crippen molar-refractivity contribution in [2.24, 2.45) is 5.92 Å². The molecule has 0 saturated carbocycles. The molecule has 0 aromatic rings. The molecule has 0 rings (SSSR count). The topological polar surface area (TPSA) is 44.0 Å². The predicted molar refractivity (Wildman–Crippen MR) is 44.9 cm³/mol. The summed E-state index contributed by atoms with van der Waals surface area (Å²) in [4.78, 5) is 0. The highest BCUT2D eigenvalue weighted by Crippen LogP contribution is 2.26. The highest BCUT2D eigenvalue weighted by atomic mass is 16.3. The molecular formula is C9H17NO. The summed E-state index contributed by atoms with van der Waals surface area (Å²) in [5, 5.41) is 18.6. The molecule has 1 atom stereocenters. The molecule has 0 aliphatic rings. The fourth-order valence-corrected chi connectivity index (χ4v) is 1.33. The molecule has 2 heteroatoms. The Morgan fingerprint density at radius 2 is 1.82 bits per heavy atom. The summed E-state index contributed by atoms with van der Waals surface area (Å²) < 4.78 is 0. The maximum absolute atomic E-state index is 9.87. The lowest BCUT2D eigenvalue weighted by atomic mass is 9.82. The van der Waals surface area contributed by atoms with Crippen molar-refractivity contribution in [2.45, 2.75) is 45.6 Å². The highest BCUT2D eigenvalue weighted by Gasteiger charge is 2.31. The Morgan fingerprint density at radius 3 is 1.91 bits per heavy atom. The van der Waals surface area contributed by atoms with Gasteiger partial charge in [-0.05, 0) is 19.3 Å². The van der Waals surface area contributed by atoms with E-state index in [2.05, 4.69) is 6.07 Å². The lowest BCUT2D eigenvalue weighted by molar-refractivity contribution is -0.00646. The normalized spacial score (nSPS) is 14.1. The van der Waals surface area contributed by atoms with Gasteiger partial charge in [0.05, 0.1) is 17.6 Å². The van der Waals surface area contributed by atoms with Crippen LogP contribution < -0.4 is 0 Å². The van der Waals surface area contributed by atoms with Crippen LogP contribution in [0.1, 0.15) is 40.0 Å². The van der Waals surface area contributed by atoms with E-state index >= 15 is 0 Å². The van der Waals surface area contributed by atoms with Crippen LogP contribution in [0.15, 0.2) is 0 Å². The third kappa shape index (κ3) is 2.20. The molecule has 1 unspecified atom stereocenters. The third-order valence-electron chi connectivity index (χ3n) is 2.44. The molecule has 2 nitrogen and oxygen atoms in total. The van der Waals surface area contributed by atoms with E-state index in [1.54, 1.807) is 0 Å². The van der Waals surface area contributed by atoms with Gasteiger partial charge in [0, 0.05) is 0 Å². The number of hydrogen-bond acceptors (Lipinski definition) is 2. The first kappa shape index (κ1) is 10.4. The zero-order valence-corrected chi connectivity index (χ0v) is 7.59. The van der Waals surface area contributed by atoms with E-state index in [1.165, 1.54) is 0 Å². The predicted octanol–water partition coefficient (Wildman–Crippen LogP) is 2.09. The average Bonchev–Trinajstić information content (AvgIpc) is 2.06. The van der Waals surface area contributed by atoms with E-state index in [1.807, 2.05) is 20.8 Å². The lowest BCUT2D eigenvalue weighted by Crippen LogP contribution is -2.35. The van der Waals surface area contributed by atoms with Gasteiger partial charge in [0.25, 0.3) is 0 Å². The van der Waals surface area contributed by atoms with Crippen molar-refractivity contribution < 1.29 is 5.11 Å². The van der Waals surface area contributed by atoms with Crippen molar-refractivity contribution in [2.75, 3.05) is 0 Å². The largest absolute Gasteiger partial charge is 0.389 e. The Bertz CT molecular complexity index is 144. The molecular weight excluding hydrogens is 138 g/mol. The maximum atomic E-state index is 9.87. The van der Waals surface area contributed by atoms with Gasteiger partial charge in [-0.25, -0.2) is 0 Å². The van der Waals surface area contributed by atoms with Gasteiger partial charge < -0.3 is 5.11 Å². The van der Waals surface area contributed by atoms with E-state index in [9.17, 15) is 5.11 Å². The molecule has 0 spiro atoms. The minimum Gasteiger partial charge on any atom is -0.389 e. The molecule has 0 aromatic carbocycles. The Kier molecular flexibility index (Phi) is 4.14. The first-order valence-corrected chi connectivity index (χ1v) is 4.26. The minimum atomic E-state index is -0.760. The molecule has 11 heavy (non-hydrogen) atoms. The molecule has 0 bridgehead atoms. The number of hydrogen-bond donors (Lipinski definition) is 1. The SMILES string of the molecule is CCC(C#N)C(O)(CC)CC. The van der Waals surface area contributed by atoms with Crippen molar-refractivity contribution in [1.82, 2.24) is 0 Å². The van der Waals surface area contributed by atoms with Crippen LogP contribution in [0.5, 0.6) is 0 Å². The van der Waals surface area contributed by atoms with Crippen molar-refractivity contribution in [3.8, 4) is 6.07 Å². The maximum Gasteiger partial charge on any atom is 0.0800 e. The standard InChI is InChI=1S/C9H17NO/c1-4-8(7-10)9(11,5-2)6-3/h8,11H,4-6H2,1-3H3. The summed E-state index contributed by atoms with van der Waals surface area (Å²) >= 11 is 0. The quantitative estimate of drug-likeness (QED) is 0.675. The van der Waals surface area contributed by atoms with Gasteiger partial charge in [-0.1, -0.05) is 20.8 Å². The van der Waals surface area contributed by atoms with Crippen LogP contribution in [0.4, 0.5) is 0 Å². The van der Waals surface area contributed by atoms with Crippen LogP contribution in [-0.2, 0) is 0 Å². The summed E-state index contributed by atoms with van der Waals surface area (Å²) in [7, 11) is 0. The van der Waals surface area contributed by atoms with Crippen molar-refractivity contribution in [1.29, 1.82) is 5.26 Å². The molecule has 0 radical (unpaired) electrons. The van der Waals surface area contributed by atoms with Crippen LogP contribution >= 0.6 is 0 Å². The Balaban J connectivity index is 4.35. The first-order chi connectivity index (χ1) is 5.14. The molecule has 0 aromatic heterocycles. The van der Waals surface area contributed by atoms with Crippen LogP contribution in [0.25, 0.3) is 0 Å². The van der Waals surface area contributed by atoms with Gasteiger partial charge in [0.2, 0.25) is 0 Å². The van der Waals surface area contributed by atoms with Crippen molar-refractivity contribution in [3.63, 3.8) is 0 Å². The molecule has 0 amide bonds. The van der Waals surface area contributed by atoms with Gasteiger partial charge in [-0.3, -0.25) is 0 Å². The molecule has 0 fully saturated rings. The second kappa shape index (κ2) is 4.35. The molecule has 1 N–H and O–H groups in total. The number of nitriles is 1. The van der Waals surface area contributed by atoms with Crippen LogP contribution in [0, 0.1) is 17.2 Å². The van der Waals surface area contributed by atoms with Crippen molar-refractivity contribution in [3.05, 3.63) is 0 Å². The number of aliphatic hydroxyl groups is 1. The fourth-order valence-electron chi connectivity index (χ4n) is 1.33. The van der Waals surface area contributed by atoms with Crippen molar-refractivity contribution >= 4 is 0 Å². The smallest absolute Gasteiger partial charge is 0.0800 e. The summed E-state index contributed by atoms with van der Waals surface area (Å²) in [6, 6.07) is 2.14. The first-order valence-electron chi connectivity index (χ1n) is 4.26. The minimum absolute atomic E-state index is 0.211. The molecule has 0 aliphatic carbocycles. The van der Waals surface area contributed by atoms with E-state index in [0.29, 0.717) is 12.8 Å². The summed E-state index contributed by atoms with van der Waals surface area (Å²) in [6.07, 6.45) is 2.06.